The molecule has 0 atom stereocenters. The lowest BCUT2D eigenvalue weighted by atomic mass is 10.1. The first-order valence-electron chi connectivity index (χ1n) is 7.74. The molecule has 0 aromatic heterocycles. The van der Waals surface area contributed by atoms with Crippen molar-refractivity contribution in [3.8, 4) is 0 Å². The molecule has 0 aliphatic carbocycles. The van der Waals surface area contributed by atoms with E-state index in [1.54, 1.807) is 0 Å². The van der Waals surface area contributed by atoms with Gasteiger partial charge < -0.3 is 14.7 Å². The summed E-state index contributed by atoms with van der Waals surface area (Å²) in [5, 5.41) is 0. The molecule has 0 saturated heterocycles. The van der Waals surface area contributed by atoms with Crippen LogP contribution in [0.3, 0.4) is 0 Å². The van der Waals surface area contributed by atoms with Crippen molar-refractivity contribution in [2.24, 2.45) is 0 Å². The number of nitrogens with zero attached hydrogens (tertiary/aromatic N) is 3. The highest BCUT2D eigenvalue weighted by Crippen LogP contribution is 2.45. The quantitative estimate of drug-likeness (QED) is 0.830. The molecule has 3 nitrogen and oxygen atoms in total. The smallest absolute Gasteiger partial charge is 0.128 e. The molecule has 0 saturated carbocycles. The third-order valence-corrected chi connectivity index (χ3v) is 4.77. The zero-order chi connectivity index (χ0) is 16.0. The predicted octanol–water partition coefficient (Wildman–Crippen LogP) is 3.95. The third kappa shape index (κ3) is 2.21. The lowest BCUT2D eigenvalue weighted by Gasteiger charge is -2.29. The van der Waals surface area contributed by atoms with Gasteiger partial charge in [0.15, 0.2) is 0 Å². The van der Waals surface area contributed by atoms with Crippen LogP contribution in [0.1, 0.15) is 22.9 Å². The van der Waals surface area contributed by atoms with Crippen molar-refractivity contribution < 1.29 is 0 Å². The summed E-state index contributed by atoms with van der Waals surface area (Å²) in [5.74, 6) is 0. The average molecular weight is 295 g/mol. The van der Waals surface area contributed by atoms with Crippen LogP contribution in [0, 0.1) is 13.8 Å². The maximum Gasteiger partial charge on any atom is 0.128 e. The summed E-state index contributed by atoms with van der Waals surface area (Å²) >= 11 is 0. The van der Waals surface area contributed by atoms with Crippen molar-refractivity contribution in [1.29, 1.82) is 0 Å². The van der Waals surface area contributed by atoms with Crippen LogP contribution >= 0.6 is 0 Å². The monoisotopic (exact) mass is 295 g/mol. The Kier molecular flexibility index (Phi) is 3.51. The highest BCUT2D eigenvalue weighted by atomic mass is 15.4. The summed E-state index contributed by atoms with van der Waals surface area (Å²) in [7, 11) is 8.54. The molecule has 116 valence electrons. The molecule has 1 aliphatic rings. The van der Waals surface area contributed by atoms with E-state index in [1.807, 2.05) is 0 Å². The minimum absolute atomic E-state index is 0.246. The summed E-state index contributed by atoms with van der Waals surface area (Å²) in [4.78, 5) is 6.90. The SMILES string of the molecule is Cc1cc2c(cc1C)N(C)C(c1cccc(N(C)C)c1)N2C. The molecule has 0 unspecified atom stereocenters. The van der Waals surface area contributed by atoms with E-state index >= 15 is 0 Å². The number of hydrogen-bond acceptors (Lipinski definition) is 3. The van der Waals surface area contributed by atoms with Gasteiger partial charge in [0.1, 0.15) is 6.17 Å². The molecule has 0 radical (unpaired) electrons. The highest BCUT2D eigenvalue weighted by Gasteiger charge is 2.32. The Morgan fingerprint density at radius 3 is 1.91 bits per heavy atom. The number of rotatable bonds is 2. The van der Waals surface area contributed by atoms with Gasteiger partial charge in [-0.25, -0.2) is 0 Å². The lowest BCUT2D eigenvalue weighted by molar-refractivity contribution is 0.694. The van der Waals surface area contributed by atoms with Gasteiger partial charge in [0.05, 0.1) is 11.4 Å². The second-order valence-electron chi connectivity index (χ2n) is 6.51. The maximum atomic E-state index is 2.37. The summed E-state index contributed by atoms with van der Waals surface area (Å²) in [6.45, 7) is 4.37. The van der Waals surface area contributed by atoms with E-state index in [1.165, 1.54) is 33.8 Å². The Balaban J connectivity index is 2.05. The molecule has 0 bridgehead atoms. The molecule has 2 aromatic rings. The van der Waals surface area contributed by atoms with Gasteiger partial charge >= 0.3 is 0 Å². The molecule has 3 heteroatoms. The van der Waals surface area contributed by atoms with Crippen molar-refractivity contribution >= 4 is 17.1 Å². The topological polar surface area (TPSA) is 9.72 Å². The standard InChI is InChI=1S/C19H25N3/c1-13-10-17-18(11-14(13)2)22(6)19(21(17)5)15-8-7-9-16(12-15)20(3)4/h7-12,19H,1-6H3. The molecule has 0 spiro atoms. The zero-order valence-electron chi connectivity index (χ0n) is 14.4. The molecule has 0 amide bonds. The fraction of sp³-hybridized carbons (Fsp3) is 0.368. The van der Waals surface area contributed by atoms with Crippen LogP contribution in [0.5, 0.6) is 0 Å². The van der Waals surface area contributed by atoms with Crippen LogP contribution < -0.4 is 14.7 Å². The summed E-state index contributed by atoms with van der Waals surface area (Å²) < 4.78 is 0. The van der Waals surface area contributed by atoms with Crippen molar-refractivity contribution in [3.05, 3.63) is 53.1 Å². The summed E-state index contributed by atoms with van der Waals surface area (Å²) in [6, 6.07) is 13.4. The molecule has 0 N–H and O–H groups in total. The van der Waals surface area contributed by atoms with Crippen molar-refractivity contribution in [3.63, 3.8) is 0 Å². The Hall–Kier alpha value is -2.16. The van der Waals surface area contributed by atoms with Gasteiger partial charge in [0, 0.05) is 33.9 Å². The number of hydrogen-bond donors (Lipinski definition) is 0. The molecule has 3 rings (SSSR count). The summed E-state index contributed by atoms with van der Waals surface area (Å²) in [5.41, 5.74) is 7.88. The molecule has 22 heavy (non-hydrogen) atoms. The van der Waals surface area contributed by atoms with Gasteiger partial charge in [0.25, 0.3) is 0 Å². The van der Waals surface area contributed by atoms with E-state index in [4.69, 9.17) is 0 Å². The van der Waals surface area contributed by atoms with E-state index in [0.717, 1.165) is 0 Å². The first-order chi connectivity index (χ1) is 10.4. The lowest BCUT2D eigenvalue weighted by Crippen LogP contribution is -2.30. The predicted molar refractivity (Wildman–Crippen MR) is 96.2 cm³/mol. The normalized spacial score (nSPS) is 14.5. The molecular formula is C19H25N3. The molecule has 1 aliphatic heterocycles. The second-order valence-corrected chi connectivity index (χ2v) is 6.51. The van der Waals surface area contributed by atoms with E-state index < -0.39 is 0 Å². The van der Waals surface area contributed by atoms with E-state index in [2.05, 4.69) is 93.1 Å². The first kappa shape index (κ1) is 14.8. The second kappa shape index (κ2) is 5.24. The van der Waals surface area contributed by atoms with Crippen molar-refractivity contribution in [1.82, 2.24) is 0 Å². The van der Waals surface area contributed by atoms with Gasteiger partial charge in [0.2, 0.25) is 0 Å². The number of anilines is 3. The molecular weight excluding hydrogens is 270 g/mol. The fourth-order valence-electron chi connectivity index (χ4n) is 3.28. The molecule has 1 heterocycles. The molecule has 2 aromatic carbocycles. The summed E-state index contributed by atoms with van der Waals surface area (Å²) in [6.07, 6.45) is 0.246. The minimum Gasteiger partial charge on any atom is -0.378 e. The van der Waals surface area contributed by atoms with Crippen LogP contribution in [0.25, 0.3) is 0 Å². The Morgan fingerprint density at radius 1 is 0.864 bits per heavy atom. The molecule has 0 fully saturated rings. The Bertz CT molecular complexity index is 671. The van der Waals surface area contributed by atoms with Crippen molar-refractivity contribution in [2.75, 3.05) is 42.9 Å². The average Bonchev–Trinajstić information content (AvgIpc) is 2.71. The fourth-order valence-corrected chi connectivity index (χ4v) is 3.28. The van der Waals surface area contributed by atoms with Crippen LogP contribution in [0.2, 0.25) is 0 Å². The van der Waals surface area contributed by atoms with Gasteiger partial charge in [-0.2, -0.15) is 0 Å². The van der Waals surface area contributed by atoms with E-state index in [9.17, 15) is 0 Å². The van der Waals surface area contributed by atoms with Crippen LogP contribution in [0.15, 0.2) is 36.4 Å². The number of benzene rings is 2. The van der Waals surface area contributed by atoms with Gasteiger partial charge in [-0.1, -0.05) is 12.1 Å². The Morgan fingerprint density at radius 2 is 1.41 bits per heavy atom. The Labute approximate surface area is 133 Å². The van der Waals surface area contributed by atoms with Crippen LogP contribution in [-0.4, -0.2) is 28.2 Å². The largest absolute Gasteiger partial charge is 0.378 e. The minimum atomic E-state index is 0.246. The first-order valence-corrected chi connectivity index (χ1v) is 7.74. The van der Waals surface area contributed by atoms with Gasteiger partial charge in [-0.3, -0.25) is 0 Å². The van der Waals surface area contributed by atoms with Gasteiger partial charge in [-0.15, -0.1) is 0 Å². The van der Waals surface area contributed by atoms with Crippen LogP contribution in [0.4, 0.5) is 17.1 Å². The van der Waals surface area contributed by atoms with Gasteiger partial charge in [-0.05, 0) is 54.8 Å². The van der Waals surface area contributed by atoms with E-state index in [0.29, 0.717) is 0 Å². The zero-order valence-corrected chi connectivity index (χ0v) is 14.4. The van der Waals surface area contributed by atoms with Crippen molar-refractivity contribution in [2.45, 2.75) is 20.0 Å². The number of aryl methyl sites for hydroxylation is 2. The maximum absolute atomic E-state index is 2.37. The number of fused-ring (bicyclic) bond motifs is 1. The highest BCUT2D eigenvalue weighted by molar-refractivity contribution is 5.79. The van der Waals surface area contributed by atoms with E-state index in [-0.39, 0.29) is 6.17 Å². The van der Waals surface area contributed by atoms with Crippen LogP contribution in [-0.2, 0) is 0 Å². The third-order valence-electron chi connectivity index (χ3n) is 4.77.